The van der Waals surface area contributed by atoms with Crippen LogP contribution in [-0.2, 0) is 14.4 Å². The summed E-state index contributed by atoms with van der Waals surface area (Å²) >= 11 is 0. The minimum atomic E-state index is -3.72. The Kier molecular flexibility index (Phi) is 8.06. The van der Waals surface area contributed by atoms with Gasteiger partial charge in [0, 0.05) is 12.4 Å². The van der Waals surface area contributed by atoms with E-state index < -0.39 is 30.1 Å². The highest BCUT2D eigenvalue weighted by Gasteiger charge is 2.37. The first kappa shape index (κ1) is 28.6. The molecule has 0 spiro atoms. The van der Waals surface area contributed by atoms with E-state index in [2.05, 4.69) is 44.3 Å². The Balaban J connectivity index is 2.14. The molecular weight excluding hydrogens is 515 g/mol. The minimum absolute atomic E-state index is 0.0248. The number of aromatic nitrogens is 2. The fourth-order valence-corrected chi connectivity index (χ4v) is 5.57. The Morgan fingerprint density at radius 2 is 1.81 bits per heavy atom. The molecule has 0 atom stereocenters. The number of methoxy groups -OCH3 is 1. The van der Waals surface area contributed by atoms with Crippen LogP contribution in [0.25, 0.3) is 16.6 Å². The molecule has 1 aromatic heterocycles. The van der Waals surface area contributed by atoms with Gasteiger partial charge in [0.05, 0.1) is 43.4 Å². The number of anilines is 1. The lowest BCUT2D eigenvalue weighted by atomic mass is 10.1. The Labute approximate surface area is 218 Å². The first-order valence-electron chi connectivity index (χ1n) is 11.8. The monoisotopic (exact) mass is 550 g/mol. The van der Waals surface area contributed by atoms with E-state index in [1.54, 1.807) is 12.1 Å². The number of sulfonamides is 1. The number of nitrogens with zero attached hydrogens (tertiary/aromatic N) is 3. The Hall–Kier alpha value is -2.96. The van der Waals surface area contributed by atoms with E-state index in [9.17, 15) is 17.6 Å². The third kappa shape index (κ3) is 5.97. The molecule has 0 aliphatic carbocycles. The van der Waals surface area contributed by atoms with Crippen LogP contribution in [0.3, 0.4) is 0 Å². The van der Waals surface area contributed by atoms with Gasteiger partial charge in [0.1, 0.15) is 17.3 Å². The molecule has 0 radical (unpaired) electrons. The molecule has 0 aliphatic heterocycles. The van der Waals surface area contributed by atoms with Crippen molar-refractivity contribution in [1.82, 2.24) is 15.1 Å². The maximum atomic E-state index is 13.5. The largest absolute Gasteiger partial charge is 0.495 e. The molecule has 1 amide bonds. The van der Waals surface area contributed by atoms with Crippen molar-refractivity contribution in [3.05, 3.63) is 47.9 Å². The highest BCUT2D eigenvalue weighted by molar-refractivity contribution is 7.92. The zero-order chi connectivity index (χ0) is 27.8. The van der Waals surface area contributed by atoms with Crippen LogP contribution in [0.5, 0.6) is 5.75 Å². The Bertz CT molecular complexity index is 1400. The van der Waals surface area contributed by atoms with Crippen molar-refractivity contribution in [3.8, 4) is 11.4 Å². The molecule has 202 valence electrons. The lowest BCUT2D eigenvalue weighted by Crippen LogP contribution is -2.43. The van der Waals surface area contributed by atoms with Gasteiger partial charge in [-0.15, -0.1) is 0 Å². The van der Waals surface area contributed by atoms with Gasteiger partial charge in [-0.1, -0.05) is 20.8 Å². The lowest BCUT2D eigenvalue weighted by Gasteiger charge is -2.36. The molecule has 1 heterocycles. The van der Waals surface area contributed by atoms with Crippen molar-refractivity contribution in [2.45, 2.75) is 38.9 Å². The number of amides is 1. The van der Waals surface area contributed by atoms with Crippen molar-refractivity contribution in [2.24, 2.45) is 0 Å². The highest BCUT2D eigenvalue weighted by Crippen LogP contribution is 2.38. The second-order valence-electron chi connectivity index (χ2n) is 10.3. The summed E-state index contributed by atoms with van der Waals surface area (Å²) in [6.07, 6.45) is 1.12. The van der Waals surface area contributed by atoms with E-state index in [0.29, 0.717) is 16.6 Å². The van der Waals surface area contributed by atoms with Gasteiger partial charge in [0.25, 0.3) is 5.91 Å². The van der Waals surface area contributed by atoms with Crippen LogP contribution >= 0.6 is 0 Å². The number of nitrogens with one attached hydrogen (secondary N) is 1. The first-order chi connectivity index (χ1) is 17.1. The number of hydrogen-bond donors (Lipinski definition) is 1. The molecule has 0 saturated carbocycles. The number of carbonyl (C=O) groups is 1. The second kappa shape index (κ2) is 10.4. The van der Waals surface area contributed by atoms with E-state index in [-0.39, 0.29) is 35.3 Å². The quantitative estimate of drug-likeness (QED) is 0.398. The van der Waals surface area contributed by atoms with E-state index in [4.69, 9.17) is 9.16 Å². The van der Waals surface area contributed by atoms with Gasteiger partial charge in [-0.05, 0) is 54.5 Å². The third-order valence-corrected chi connectivity index (χ3v) is 12.4. The maximum Gasteiger partial charge on any atom is 0.270 e. The number of ether oxygens (including phenoxy) is 1. The molecule has 0 bridgehead atoms. The lowest BCUT2D eigenvalue weighted by molar-refractivity contribution is 0.0957. The standard InChI is InChI=1S/C25H35FN4O5SSi/c1-25(2,3)37(7,8)35-14-13-29(36(6,32)33)21-16-20-19(15-22(21)34-5)23(24(31)27-4)30(28-20)18-11-9-17(26)10-12-18/h9-12,15-16H,13-14H2,1-8H3,(H,27,31). The third-order valence-electron chi connectivity index (χ3n) is 6.72. The summed E-state index contributed by atoms with van der Waals surface area (Å²) in [6.45, 7) is 10.8. The smallest absolute Gasteiger partial charge is 0.270 e. The SMILES string of the molecule is CNC(=O)c1c2cc(OC)c(N(CCO[Si](C)(C)C(C)(C)C)S(C)(=O)=O)cc2nn1-c1ccc(F)cc1. The van der Waals surface area contributed by atoms with Gasteiger partial charge in [0.2, 0.25) is 10.0 Å². The van der Waals surface area contributed by atoms with Crippen molar-refractivity contribution in [3.63, 3.8) is 0 Å². The highest BCUT2D eigenvalue weighted by atomic mass is 32.2. The summed E-state index contributed by atoms with van der Waals surface area (Å²) < 4.78 is 53.7. The molecule has 3 aromatic rings. The molecule has 12 heteroatoms. The van der Waals surface area contributed by atoms with E-state index in [1.807, 2.05) is 0 Å². The molecule has 37 heavy (non-hydrogen) atoms. The molecule has 0 saturated heterocycles. The summed E-state index contributed by atoms with van der Waals surface area (Å²) in [4.78, 5) is 12.8. The van der Waals surface area contributed by atoms with Crippen LogP contribution in [0.4, 0.5) is 10.1 Å². The van der Waals surface area contributed by atoms with Gasteiger partial charge in [-0.3, -0.25) is 9.10 Å². The zero-order valence-electron chi connectivity index (χ0n) is 22.5. The molecule has 1 N–H and O–H groups in total. The van der Waals surface area contributed by atoms with Crippen molar-refractivity contribution >= 4 is 40.8 Å². The molecule has 0 fully saturated rings. The van der Waals surface area contributed by atoms with E-state index in [0.717, 1.165) is 6.26 Å². The molecule has 9 nitrogen and oxygen atoms in total. The van der Waals surface area contributed by atoms with Crippen LogP contribution < -0.4 is 14.4 Å². The van der Waals surface area contributed by atoms with Crippen molar-refractivity contribution < 1.29 is 26.8 Å². The van der Waals surface area contributed by atoms with Crippen LogP contribution in [-0.4, -0.2) is 66.0 Å². The van der Waals surface area contributed by atoms with Gasteiger partial charge >= 0.3 is 0 Å². The van der Waals surface area contributed by atoms with E-state index >= 15 is 0 Å². The van der Waals surface area contributed by atoms with E-state index in [1.165, 1.54) is 47.4 Å². The molecular formula is C25H35FN4O5SSi. The van der Waals surface area contributed by atoms with Crippen LogP contribution in [0, 0.1) is 5.82 Å². The van der Waals surface area contributed by atoms with Gasteiger partial charge in [-0.25, -0.2) is 17.5 Å². The van der Waals surface area contributed by atoms with Crippen LogP contribution in [0.1, 0.15) is 31.3 Å². The summed E-state index contributed by atoms with van der Waals surface area (Å²) in [5.41, 5.74) is 1.34. The number of benzene rings is 2. The number of carbonyl (C=O) groups excluding carboxylic acids is 1. The van der Waals surface area contributed by atoms with Crippen LogP contribution in [0.2, 0.25) is 18.1 Å². The predicted molar refractivity (Wildman–Crippen MR) is 146 cm³/mol. The second-order valence-corrected chi connectivity index (χ2v) is 17.0. The average Bonchev–Trinajstić information content (AvgIpc) is 3.17. The molecule has 2 aromatic carbocycles. The molecule has 0 aliphatic rings. The van der Waals surface area contributed by atoms with Gasteiger partial charge in [0.15, 0.2) is 8.32 Å². The summed E-state index contributed by atoms with van der Waals surface area (Å²) in [6, 6.07) is 8.73. The summed E-state index contributed by atoms with van der Waals surface area (Å²) in [5, 5.41) is 7.60. The van der Waals surface area contributed by atoms with Crippen molar-refractivity contribution in [2.75, 3.05) is 37.9 Å². The maximum absolute atomic E-state index is 13.5. The zero-order valence-corrected chi connectivity index (χ0v) is 24.4. The first-order valence-corrected chi connectivity index (χ1v) is 16.6. The molecule has 3 rings (SSSR count). The number of hydrogen-bond acceptors (Lipinski definition) is 6. The predicted octanol–water partition coefficient (Wildman–Crippen LogP) is 4.32. The summed E-state index contributed by atoms with van der Waals surface area (Å²) in [5.74, 6) is -0.576. The fourth-order valence-electron chi connectivity index (χ4n) is 3.63. The average molecular weight is 551 g/mol. The Morgan fingerprint density at radius 3 is 2.32 bits per heavy atom. The van der Waals surface area contributed by atoms with Crippen LogP contribution in [0.15, 0.2) is 36.4 Å². The van der Waals surface area contributed by atoms with Crippen molar-refractivity contribution in [1.29, 1.82) is 0 Å². The topological polar surface area (TPSA) is 103 Å². The summed E-state index contributed by atoms with van der Waals surface area (Å²) in [7, 11) is -2.89. The van der Waals surface area contributed by atoms with Gasteiger partial charge < -0.3 is 14.5 Å². The number of halogens is 1. The minimum Gasteiger partial charge on any atom is -0.495 e. The number of fused-ring (bicyclic) bond motifs is 1. The fraction of sp³-hybridized carbons (Fsp3) is 0.440. The number of rotatable bonds is 9. The normalized spacial score (nSPS) is 12.6. The molecule has 0 unspecified atom stereocenters. The van der Waals surface area contributed by atoms with Gasteiger partial charge in [-0.2, -0.15) is 5.10 Å². The Morgan fingerprint density at radius 1 is 1.19 bits per heavy atom.